The second kappa shape index (κ2) is 4.47. The van der Waals surface area contributed by atoms with Gasteiger partial charge in [-0.05, 0) is 30.9 Å². The first kappa shape index (κ1) is 10.9. The van der Waals surface area contributed by atoms with Gasteiger partial charge < -0.3 is 5.32 Å². The van der Waals surface area contributed by atoms with Crippen molar-refractivity contribution in [2.24, 2.45) is 0 Å². The number of nitrogens with one attached hydrogen (secondary N) is 1. The van der Waals surface area contributed by atoms with Gasteiger partial charge in [0.15, 0.2) is 0 Å². The summed E-state index contributed by atoms with van der Waals surface area (Å²) in [4.78, 5) is 22.2. The van der Waals surface area contributed by atoms with E-state index in [0.717, 1.165) is 12.8 Å². The summed E-state index contributed by atoms with van der Waals surface area (Å²) < 4.78 is 0. The first-order valence-corrected chi connectivity index (χ1v) is 5.50. The van der Waals surface area contributed by atoms with E-state index in [4.69, 9.17) is 0 Å². The minimum absolute atomic E-state index is 0.00710. The number of ketones is 1. The summed E-state index contributed by atoms with van der Waals surface area (Å²) in [6, 6.07) is 8.36. The monoisotopic (exact) mass is 217 g/mol. The second-order valence-electron chi connectivity index (χ2n) is 4.32. The Labute approximate surface area is 94.9 Å². The van der Waals surface area contributed by atoms with Crippen molar-refractivity contribution in [3.63, 3.8) is 0 Å². The highest BCUT2D eigenvalue weighted by atomic mass is 16.2. The molecule has 1 aromatic rings. The zero-order valence-corrected chi connectivity index (χ0v) is 9.32. The van der Waals surface area contributed by atoms with Gasteiger partial charge in [0.05, 0.1) is 6.42 Å². The van der Waals surface area contributed by atoms with E-state index in [-0.39, 0.29) is 24.2 Å². The summed E-state index contributed by atoms with van der Waals surface area (Å²) in [5, 5.41) is 2.90. The number of Topliss-reactive ketones (excluding diaryl/α,β-unsaturated/α-hetero) is 1. The molecule has 0 heterocycles. The molecule has 0 saturated heterocycles. The van der Waals surface area contributed by atoms with E-state index in [1.807, 2.05) is 12.1 Å². The van der Waals surface area contributed by atoms with E-state index < -0.39 is 0 Å². The smallest absolute Gasteiger partial charge is 0.227 e. The van der Waals surface area contributed by atoms with Crippen LogP contribution in [0.4, 0.5) is 0 Å². The third-order valence-electron chi connectivity index (χ3n) is 2.83. The molecule has 3 heteroatoms. The summed E-state index contributed by atoms with van der Waals surface area (Å²) in [5.41, 5.74) is 2.60. The van der Waals surface area contributed by atoms with Crippen molar-refractivity contribution in [1.82, 2.24) is 5.32 Å². The number of amides is 1. The SMILES string of the molecule is CC(=O)CC(=O)NC1Cc2ccccc2C1. The van der Waals surface area contributed by atoms with Crippen LogP contribution in [0, 0.1) is 0 Å². The highest BCUT2D eigenvalue weighted by Gasteiger charge is 2.22. The molecule has 84 valence electrons. The molecule has 0 saturated carbocycles. The Bertz CT molecular complexity index is 401. The number of carbonyl (C=O) groups is 2. The highest BCUT2D eigenvalue weighted by Crippen LogP contribution is 2.21. The fourth-order valence-electron chi connectivity index (χ4n) is 2.17. The highest BCUT2D eigenvalue weighted by molar-refractivity contribution is 5.96. The molecule has 2 rings (SSSR count). The van der Waals surface area contributed by atoms with E-state index in [2.05, 4.69) is 17.4 Å². The van der Waals surface area contributed by atoms with Gasteiger partial charge in [-0.2, -0.15) is 0 Å². The largest absolute Gasteiger partial charge is 0.352 e. The predicted molar refractivity (Wildman–Crippen MR) is 61.1 cm³/mol. The third kappa shape index (κ3) is 2.48. The second-order valence-corrected chi connectivity index (χ2v) is 4.32. The van der Waals surface area contributed by atoms with Crippen LogP contribution in [-0.4, -0.2) is 17.7 Å². The van der Waals surface area contributed by atoms with Gasteiger partial charge in [-0.15, -0.1) is 0 Å². The van der Waals surface area contributed by atoms with E-state index in [9.17, 15) is 9.59 Å². The topological polar surface area (TPSA) is 46.2 Å². The molecule has 1 aromatic carbocycles. The molecule has 1 aliphatic rings. The molecule has 0 spiro atoms. The molecule has 16 heavy (non-hydrogen) atoms. The predicted octanol–water partition coefficient (Wildman–Crippen LogP) is 1.25. The van der Waals surface area contributed by atoms with Crippen LogP contribution in [0.5, 0.6) is 0 Å². The first-order valence-electron chi connectivity index (χ1n) is 5.50. The summed E-state index contributed by atoms with van der Waals surface area (Å²) in [5.74, 6) is -0.252. The molecule has 1 N–H and O–H groups in total. The quantitative estimate of drug-likeness (QED) is 0.774. The summed E-state index contributed by atoms with van der Waals surface area (Å²) in [7, 11) is 0. The molecule has 0 bridgehead atoms. The number of hydrogen-bond acceptors (Lipinski definition) is 2. The third-order valence-corrected chi connectivity index (χ3v) is 2.83. The van der Waals surface area contributed by atoms with E-state index in [1.54, 1.807) is 0 Å². The summed E-state index contributed by atoms with van der Waals surface area (Å²) in [6.45, 7) is 1.43. The number of fused-ring (bicyclic) bond motifs is 1. The number of carbonyl (C=O) groups excluding carboxylic acids is 2. The minimum atomic E-state index is -0.162. The summed E-state index contributed by atoms with van der Waals surface area (Å²) >= 11 is 0. The molecule has 0 aliphatic heterocycles. The maximum absolute atomic E-state index is 11.4. The molecule has 0 atom stereocenters. The minimum Gasteiger partial charge on any atom is -0.352 e. The van der Waals surface area contributed by atoms with Crippen molar-refractivity contribution in [2.45, 2.75) is 32.2 Å². The maximum Gasteiger partial charge on any atom is 0.227 e. The zero-order valence-electron chi connectivity index (χ0n) is 9.32. The van der Waals surface area contributed by atoms with Gasteiger partial charge in [-0.3, -0.25) is 9.59 Å². The Hall–Kier alpha value is -1.64. The normalized spacial score (nSPS) is 14.6. The lowest BCUT2D eigenvalue weighted by atomic mass is 10.1. The van der Waals surface area contributed by atoms with Crippen LogP contribution in [0.2, 0.25) is 0 Å². The Kier molecular flexibility index (Phi) is 3.04. The molecule has 0 fully saturated rings. The maximum atomic E-state index is 11.4. The molecular weight excluding hydrogens is 202 g/mol. The fraction of sp³-hybridized carbons (Fsp3) is 0.385. The van der Waals surface area contributed by atoms with Crippen molar-refractivity contribution < 1.29 is 9.59 Å². The van der Waals surface area contributed by atoms with Gasteiger partial charge in [0.2, 0.25) is 5.91 Å². The number of hydrogen-bond donors (Lipinski definition) is 1. The Morgan fingerprint density at radius 2 is 1.81 bits per heavy atom. The zero-order chi connectivity index (χ0) is 11.5. The van der Waals surface area contributed by atoms with Crippen molar-refractivity contribution in [3.05, 3.63) is 35.4 Å². The van der Waals surface area contributed by atoms with Gasteiger partial charge in [0, 0.05) is 6.04 Å². The fourth-order valence-corrected chi connectivity index (χ4v) is 2.17. The first-order chi connectivity index (χ1) is 7.65. The molecular formula is C13H15NO2. The lowest BCUT2D eigenvalue weighted by Gasteiger charge is -2.10. The lowest BCUT2D eigenvalue weighted by Crippen LogP contribution is -2.36. The van der Waals surface area contributed by atoms with E-state index >= 15 is 0 Å². The molecule has 0 unspecified atom stereocenters. The number of benzene rings is 1. The van der Waals surface area contributed by atoms with Crippen LogP contribution < -0.4 is 5.32 Å². The van der Waals surface area contributed by atoms with Gasteiger partial charge >= 0.3 is 0 Å². The van der Waals surface area contributed by atoms with E-state index in [1.165, 1.54) is 18.1 Å². The Morgan fingerprint density at radius 1 is 1.25 bits per heavy atom. The Morgan fingerprint density at radius 3 is 2.31 bits per heavy atom. The van der Waals surface area contributed by atoms with Gasteiger partial charge in [0.25, 0.3) is 0 Å². The average Bonchev–Trinajstić information content (AvgIpc) is 2.57. The Balaban J connectivity index is 1.92. The van der Waals surface area contributed by atoms with Gasteiger partial charge in [-0.25, -0.2) is 0 Å². The van der Waals surface area contributed by atoms with Crippen LogP contribution in [0.1, 0.15) is 24.5 Å². The van der Waals surface area contributed by atoms with Crippen molar-refractivity contribution in [2.75, 3.05) is 0 Å². The van der Waals surface area contributed by atoms with Crippen LogP contribution in [-0.2, 0) is 22.4 Å². The van der Waals surface area contributed by atoms with Crippen LogP contribution in [0.3, 0.4) is 0 Å². The molecule has 1 amide bonds. The van der Waals surface area contributed by atoms with E-state index in [0.29, 0.717) is 0 Å². The standard InChI is InChI=1S/C13H15NO2/c1-9(15)6-13(16)14-12-7-10-4-2-3-5-11(10)8-12/h2-5,12H,6-8H2,1H3,(H,14,16). The van der Waals surface area contributed by atoms with Crippen molar-refractivity contribution in [3.8, 4) is 0 Å². The summed E-state index contributed by atoms with van der Waals surface area (Å²) in [6.07, 6.45) is 1.74. The van der Waals surface area contributed by atoms with Gasteiger partial charge in [0.1, 0.15) is 5.78 Å². The molecule has 3 nitrogen and oxygen atoms in total. The molecule has 0 aromatic heterocycles. The van der Waals surface area contributed by atoms with Crippen LogP contribution in [0.15, 0.2) is 24.3 Å². The van der Waals surface area contributed by atoms with Crippen molar-refractivity contribution >= 4 is 11.7 Å². The molecule has 1 aliphatic carbocycles. The van der Waals surface area contributed by atoms with Gasteiger partial charge in [-0.1, -0.05) is 24.3 Å². The average molecular weight is 217 g/mol. The lowest BCUT2D eigenvalue weighted by molar-refractivity contribution is -0.127. The van der Waals surface area contributed by atoms with Crippen LogP contribution in [0.25, 0.3) is 0 Å². The van der Waals surface area contributed by atoms with Crippen molar-refractivity contribution in [1.29, 1.82) is 0 Å². The molecule has 0 radical (unpaired) electrons. The number of rotatable bonds is 3. The van der Waals surface area contributed by atoms with Crippen LogP contribution >= 0.6 is 0 Å².